The molecule has 2 aromatic carbocycles. The van der Waals surface area contributed by atoms with E-state index in [9.17, 15) is 14.0 Å². The Morgan fingerprint density at radius 2 is 1.78 bits per heavy atom. The van der Waals surface area contributed by atoms with Crippen molar-refractivity contribution in [1.82, 2.24) is 0 Å². The highest BCUT2D eigenvalue weighted by Crippen LogP contribution is 2.42. The molecule has 0 unspecified atom stereocenters. The number of carbonyl (C=O) groups is 2. The number of hydrogen-bond donors (Lipinski definition) is 1. The van der Waals surface area contributed by atoms with Gasteiger partial charge >= 0.3 is 5.97 Å². The molecule has 0 atom stereocenters. The number of carbonyl (C=O) groups excluding carboxylic acids is 2. The number of benzene rings is 2. The standard InChI is InChI=1S/C21H22FNO4/c22-17-8-6-16(7-9-17)21(10-1-2-11-21)20(25)27-13-15-4-3-5-18(12-15)26-14-19(23)24/h3-9,12H,1-2,10-11,13-14H2,(H2,23,24). The first-order chi connectivity index (χ1) is 13.0. The van der Waals surface area contributed by atoms with E-state index in [1.807, 2.05) is 6.07 Å². The first kappa shape index (κ1) is 18.9. The summed E-state index contributed by atoms with van der Waals surface area (Å²) >= 11 is 0. The molecule has 0 aliphatic heterocycles. The molecule has 3 rings (SSSR count). The minimum atomic E-state index is -0.715. The van der Waals surface area contributed by atoms with E-state index < -0.39 is 11.3 Å². The van der Waals surface area contributed by atoms with Crippen LogP contribution in [-0.2, 0) is 26.3 Å². The normalized spacial score (nSPS) is 15.3. The molecular formula is C21H22FNO4. The summed E-state index contributed by atoms with van der Waals surface area (Å²) in [5.41, 5.74) is 5.90. The van der Waals surface area contributed by atoms with Crippen LogP contribution in [0, 0.1) is 5.82 Å². The van der Waals surface area contributed by atoms with E-state index in [0.29, 0.717) is 18.6 Å². The zero-order valence-corrected chi connectivity index (χ0v) is 14.9. The average Bonchev–Trinajstić information content (AvgIpc) is 3.16. The predicted molar refractivity (Wildman–Crippen MR) is 97.5 cm³/mol. The van der Waals surface area contributed by atoms with Crippen LogP contribution in [0.25, 0.3) is 0 Å². The molecule has 1 fully saturated rings. The summed E-state index contributed by atoms with van der Waals surface area (Å²) in [5.74, 6) is -0.700. The lowest BCUT2D eigenvalue weighted by Gasteiger charge is -2.27. The van der Waals surface area contributed by atoms with E-state index in [2.05, 4.69) is 0 Å². The highest BCUT2D eigenvalue weighted by atomic mass is 19.1. The topological polar surface area (TPSA) is 78.6 Å². The second kappa shape index (κ2) is 8.20. The molecule has 27 heavy (non-hydrogen) atoms. The molecule has 2 N–H and O–H groups in total. The summed E-state index contributed by atoms with van der Waals surface area (Å²) in [5, 5.41) is 0. The van der Waals surface area contributed by atoms with Crippen LogP contribution in [0.4, 0.5) is 4.39 Å². The Labute approximate surface area is 157 Å². The van der Waals surface area contributed by atoms with Gasteiger partial charge in [0.2, 0.25) is 0 Å². The number of halogens is 1. The summed E-state index contributed by atoms with van der Waals surface area (Å²) in [6, 6.07) is 13.1. The van der Waals surface area contributed by atoms with Gasteiger partial charge in [-0.1, -0.05) is 37.1 Å². The van der Waals surface area contributed by atoms with Gasteiger partial charge in [0.1, 0.15) is 18.2 Å². The van der Waals surface area contributed by atoms with Crippen molar-refractivity contribution < 1.29 is 23.5 Å². The van der Waals surface area contributed by atoms with E-state index in [1.165, 1.54) is 12.1 Å². The van der Waals surface area contributed by atoms with Gasteiger partial charge in [0.25, 0.3) is 5.91 Å². The zero-order chi connectivity index (χ0) is 19.3. The first-order valence-electron chi connectivity index (χ1n) is 8.93. The Morgan fingerprint density at radius 3 is 2.44 bits per heavy atom. The molecule has 0 spiro atoms. The van der Waals surface area contributed by atoms with Crippen LogP contribution in [0.1, 0.15) is 36.8 Å². The van der Waals surface area contributed by atoms with Crippen molar-refractivity contribution in [2.75, 3.05) is 6.61 Å². The molecule has 5 nitrogen and oxygen atoms in total. The van der Waals surface area contributed by atoms with E-state index in [-0.39, 0.29) is 25.0 Å². The smallest absolute Gasteiger partial charge is 0.316 e. The molecule has 6 heteroatoms. The molecule has 1 amide bonds. The number of rotatable bonds is 7. The molecular weight excluding hydrogens is 349 g/mol. The zero-order valence-electron chi connectivity index (χ0n) is 14.9. The molecule has 1 aliphatic rings. The van der Waals surface area contributed by atoms with Gasteiger partial charge in [-0.2, -0.15) is 0 Å². The van der Waals surface area contributed by atoms with Crippen molar-refractivity contribution in [3.05, 3.63) is 65.5 Å². The molecule has 142 valence electrons. The van der Waals surface area contributed by atoms with Gasteiger partial charge in [-0.25, -0.2) is 4.39 Å². The number of hydrogen-bond acceptors (Lipinski definition) is 4. The largest absolute Gasteiger partial charge is 0.484 e. The maximum atomic E-state index is 13.3. The van der Waals surface area contributed by atoms with Gasteiger partial charge in [-0.15, -0.1) is 0 Å². The second-order valence-electron chi connectivity index (χ2n) is 6.77. The van der Waals surface area contributed by atoms with E-state index >= 15 is 0 Å². The molecule has 0 aromatic heterocycles. The Bertz CT molecular complexity index is 813. The average molecular weight is 371 g/mol. The maximum Gasteiger partial charge on any atom is 0.316 e. The fraction of sp³-hybridized carbons (Fsp3) is 0.333. The van der Waals surface area contributed by atoms with Crippen molar-refractivity contribution in [2.24, 2.45) is 5.73 Å². The van der Waals surface area contributed by atoms with Crippen LogP contribution in [0.3, 0.4) is 0 Å². The lowest BCUT2D eigenvalue weighted by molar-refractivity contribution is -0.152. The lowest BCUT2D eigenvalue weighted by Crippen LogP contribution is -2.34. The molecule has 0 radical (unpaired) electrons. The monoisotopic (exact) mass is 371 g/mol. The highest BCUT2D eigenvalue weighted by Gasteiger charge is 2.44. The molecule has 2 aromatic rings. The first-order valence-corrected chi connectivity index (χ1v) is 8.93. The maximum absolute atomic E-state index is 13.3. The van der Waals surface area contributed by atoms with Crippen molar-refractivity contribution in [3.8, 4) is 5.75 Å². The van der Waals surface area contributed by atoms with Crippen molar-refractivity contribution in [1.29, 1.82) is 0 Å². The van der Waals surface area contributed by atoms with Crippen LogP contribution in [0.2, 0.25) is 0 Å². The molecule has 0 heterocycles. The Morgan fingerprint density at radius 1 is 1.07 bits per heavy atom. The number of nitrogens with two attached hydrogens (primary N) is 1. The Balaban J connectivity index is 1.69. The SMILES string of the molecule is NC(=O)COc1cccc(COC(=O)C2(c3ccc(F)cc3)CCCC2)c1. The number of esters is 1. The van der Waals surface area contributed by atoms with E-state index in [0.717, 1.165) is 24.0 Å². The molecule has 0 saturated heterocycles. The third-order valence-corrected chi connectivity index (χ3v) is 4.89. The quantitative estimate of drug-likeness (QED) is 0.758. The summed E-state index contributed by atoms with van der Waals surface area (Å²) < 4.78 is 24.1. The fourth-order valence-electron chi connectivity index (χ4n) is 3.52. The minimum absolute atomic E-state index is 0.0928. The summed E-state index contributed by atoms with van der Waals surface area (Å²) in [6.45, 7) is -0.119. The third-order valence-electron chi connectivity index (χ3n) is 4.89. The predicted octanol–water partition coefficient (Wildman–Crippen LogP) is 3.25. The number of amides is 1. The van der Waals surface area contributed by atoms with Crippen molar-refractivity contribution in [3.63, 3.8) is 0 Å². The summed E-state index contributed by atoms with van der Waals surface area (Å²) in [7, 11) is 0. The van der Waals surface area contributed by atoms with Crippen LogP contribution in [-0.4, -0.2) is 18.5 Å². The van der Waals surface area contributed by atoms with Gasteiger partial charge in [0, 0.05) is 0 Å². The fourth-order valence-corrected chi connectivity index (χ4v) is 3.52. The van der Waals surface area contributed by atoms with Crippen molar-refractivity contribution >= 4 is 11.9 Å². The van der Waals surface area contributed by atoms with Gasteiger partial charge < -0.3 is 15.2 Å². The Kier molecular flexibility index (Phi) is 5.74. The van der Waals surface area contributed by atoms with Gasteiger partial charge in [-0.05, 0) is 48.2 Å². The van der Waals surface area contributed by atoms with Crippen LogP contribution in [0.15, 0.2) is 48.5 Å². The van der Waals surface area contributed by atoms with Crippen molar-refractivity contribution in [2.45, 2.75) is 37.7 Å². The summed E-state index contributed by atoms with van der Waals surface area (Å²) in [6.07, 6.45) is 3.25. The molecule has 0 bridgehead atoms. The minimum Gasteiger partial charge on any atom is -0.484 e. The second-order valence-corrected chi connectivity index (χ2v) is 6.77. The lowest BCUT2D eigenvalue weighted by atomic mass is 9.79. The number of primary amides is 1. The van der Waals surface area contributed by atoms with Gasteiger partial charge in [0.15, 0.2) is 6.61 Å². The van der Waals surface area contributed by atoms with E-state index in [1.54, 1.807) is 30.3 Å². The van der Waals surface area contributed by atoms with E-state index in [4.69, 9.17) is 15.2 Å². The third kappa shape index (κ3) is 4.45. The van der Waals surface area contributed by atoms with Gasteiger partial charge in [-0.3, -0.25) is 9.59 Å². The van der Waals surface area contributed by atoms with Gasteiger partial charge in [0.05, 0.1) is 5.41 Å². The molecule has 1 saturated carbocycles. The summed E-state index contributed by atoms with van der Waals surface area (Å²) in [4.78, 5) is 23.7. The Hall–Kier alpha value is -2.89. The van der Waals surface area contributed by atoms with Crippen LogP contribution in [0.5, 0.6) is 5.75 Å². The van der Waals surface area contributed by atoms with Crippen LogP contribution >= 0.6 is 0 Å². The molecule has 1 aliphatic carbocycles. The number of ether oxygens (including phenoxy) is 2. The van der Waals surface area contributed by atoms with Crippen LogP contribution < -0.4 is 10.5 Å². The highest BCUT2D eigenvalue weighted by molar-refractivity contribution is 5.83.